The quantitative estimate of drug-likeness (QED) is 0.874. The van der Waals surface area contributed by atoms with Crippen molar-refractivity contribution in [2.75, 3.05) is 51.3 Å². The summed E-state index contributed by atoms with van der Waals surface area (Å²) in [5.74, 6) is 0. The standard InChI is InChI=1S/C15H23N3O3S/c1-16-13-6-7-18(12-13)22(19,20)15-4-2-14(3-5-15)17-8-10-21-11-9-17/h2-5,13,16H,6-12H2,1H3. The first-order valence-electron chi connectivity index (χ1n) is 7.71. The topological polar surface area (TPSA) is 61.9 Å². The molecule has 2 fully saturated rings. The number of benzene rings is 1. The normalized spacial score (nSPS) is 23.9. The summed E-state index contributed by atoms with van der Waals surface area (Å²) in [6.07, 6.45) is 0.863. The summed E-state index contributed by atoms with van der Waals surface area (Å²) >= 11 is 0. The maximum Gasteiger partial charge on any atom is 0.243 e. The third kappa shape index (κ3) is 3.12. The van der Waals surface area contributed by atoms with Crippen LogP contribution in [-0.4, -0.2) is 65.2 Å². The molecule has 0 amide bonds. The molecule has 1 aromatic carbocycles. The summed E-state index contributed by atoms with van der Waals surface area (Å²) in [4.78, 5) is 2.59. The molecule has 3 rings (SSSR count). The molecule has 22 heavy (non-hydrogen) atoms. The van der Waals surface area contributed by atoms with Gasteiger partial charge in [0.1, 0.15) is 0 Å². The van der Waals surface area contributed by atoms with Gasteiger partial charge < -0.3 is 15.0 Å². The van der Waals surface area contributed by atoms with Gasteiger partial charge in [0, 0.05) is 37.9 Å². The zero-order chi connectivity index (χ0) is 15.6. The molecular weight excluding hydrogens is 302 g/mol. The lowest BCUT2D eigenvalue weighted by molar-refractivity contribution is 0.122. The molecule has 0 bridgehead atoms. The minimum atomic E-state index is -3.38. The molecule has 1 unspecified atom stereocenters. The van der Waals surface area contributed by atoms with Gasteiger partial charge in [-0.15, -0.1) is 0 Å². The highest BCUT2D eigenvalue weighted by molar-refractivity contribution is 7.89. The summed E-state index contributed by atoms with van der Waals surface area (Å²) in [6, 6.07) is 7.47. The number of hydrogen-bond acceptors (Lipinski definition) is 5. The third-order valence-corrected chi connectivity index (χ3v) is 6.29. The molecule has 0 spiro atoms. The van der Waals surface area contributed by atoms with Gasteiger partial charge in [0.2, 0.25) is 10.0 Å². The number of nitrogens with one attached hydrogen (secondary N) is 1. The van der Waals surface area contributed by atoms with Crippen LogP contribution in [0.5, 0.6) is 0 Å². The molecule has 0 aromatic heterocycles. The molecule has 7 heteroatoms. The van der Waals surface area contributed by atoms with Crippen molar-refractivity contribution in [3.8, 4) is 0 Å². The van der Waals surface area contributed by atoms with Crippen molar-refractivity contribution in [1.29, 1.82) is 0 Å². The van der Waals surface area contributed by atoms with Crippen LogP contribution in [0.2, 0.25) is 0 Å². The Kier molecular flexibility index (Phi) is 4.67. The van der Waals surface area contributed by atoms with Crippen molar-refractivity contribution in [3.05, 3.63) is 24.3 Å². The van der Waals surface area contributed by atoms with Crippen LogP contribution in [0.4, 0.5) is 5.69 Å². The number of ether oxygens (including phenoxy) is 1. The highest BCUT2D eigenvalue weighted by atomic mass is 32.2. The van der Waals surface area contributed by atoms with Crippen molar-refractivity contribution in [2.24, 2.45) is 0 Å². The number of nitrogens with zero attached hydrogens (tertiary/aromatic N) is 2. The van der Waals surface area contributed by atoms with Gasteiger partial charge in [-0.05, 0) is 37.7 Å². The van der Waals surface area contributed by atoms with Crippen LogP contribution in [0.25, 0.3) is 0 Å². The van der Waals surface area contributed by atoms with Crippen molar-refractivity contribution in [3.63, 3.8) is 0 Å². The molecular formula is C15H23N3O3S. The summed E-state index contributed by atoms with van der Waals surface area (Å²) in [6.45, 7) is 4.27. The lowest BCUT2D eigenvalue weighted by Gasteiger charge is -2.29. The van der Waals surface area contributed by atoms with Gasteiger partial charge in [-0.2, -0.15) is 4.31 Å². The Labute approximate surface area is 132 Å². The number of hydrogen-bond donors (Lipinski definition) is 1. The molecule has 1 aromatic rings. The Morgan fingerprint density at radius 1 is 1.14 bits per heavy atom. The Bertz CT molecular complexity index is 597. The third-order valence-electron chi connectivity index (χ3n) is 4.41. The monoisotopic (exact) mass is 325 g/mol. The van der Waals surface area contributed by atoms with E-state index in [9.17, 15) is 8.42 Å². The highest BCUT2D eigenvalue weighted by Gasteiger charge is 2.31. The molecule has 2 aliphatic heterocycles. The fourth-order valence-corrected chi connectivity index (χ4v) is 4.48. The van der Waals surface area contributed by atoms with Gasteiger partial charge in [-0.3, -0.25) is 0 Å². The highest BCUT2D eigenvalue weighted by Crippen LogP contribution is 2.24. The molecule has 2 heterocycles. The second-order valence-electron chi connectivity index (χ2n) is 5.73. The van der Waals surface area contributed by atoms with Crippen molar-refractivity contribution in [1.82, 2.24) is 9.62 Å². The molecule has 2 aliphatic rings. The largest absolute Gasteiger partial charge is 0.378 e. The van der Waals surface area contributed by atoms with E-state index in [-0.39, 0.29) is 6.04 Å². The van der Waals surface area contributed by atoms with Crippen LogP contribution in [-0.2, 0) is 14.8 Å². The number of sulfonamides is 1. The van der Waals surface area contributed by atoms with Gasteiger partial charge in [0.15, 0.2) is 0 Å². The average Bonchev–Trinajstić information content (AvgIpc) is 3.06. The molecule has 1 atom stereocenters. The van der Waals surface area contributed by atoms with E-state index in [1.165, 1.54) is 0 Å². The lowest BCUT2D eigenvalue weighted by Crippen LogP contribution is -2.36. The Morgan fingerprint density at radius 2 is 1.82 bits per heavy atom. The van der Waals surface area contributed by atoms with E-state index in [2.05, 4.69) is 10.2 Å². The van der Waals surface area contributed by atoms with Crippen LogP contribution >= 0.6 is 0 Å². The molecule has 6 nitrogen and oxygen atoms in total. The Balaban J connectivity index is 1.74. The van der Waals surface area contributed by atoms with Crippen LogP contribution in [0, 0.1) is 0 Å². The lowest BCUT2D eigenvalue weighted by atomic mass is 10.2. The van der Waals surface area contributed by atoms with Gasteiger partial charge in [-0.1, -0.05) is 0 Å². The van der Waals surface area contributed by atoms with Crippen molar-refractivity contribution < 1.29 is 13.2 Å². The molecule has 0 aliphatic carbocycles. The summed E-state index contributed by atoms with van der Waals surface area (Å²) in [5.41, 5.74) is 1.05. The predicted molar refractivity (Wildman–Crippen MR) is 85.7 cm³/mol. The number of rotatable bonds is 4. The van der Waals surface area contributed by atoms with E-state index in [1.54, 1.807) is 16.4 Å². The second-order valence-corrected chi connectivity index (χ2v) is 7.67. The van der Waals surface area contributed by atoms with Gasteiger partial charge >= 0.3 is 0 Å². The maximum absolute atomic E-state index is 12.6. The average molecular weight is 325 g/mol. The fourth-order valence-electron chi connectivity index (χ4n) is 2.98. The van der Waals surface area contributed by atoms with Crippen LogP contribution < -0.4 is 10.2 Å². The van der Waals surface area contributed by atoms with E-state index in [0.717, 1.165) is 38.4 Å². The fraction of sp³-hybridized carbons (Fsp3) is 0.600. The number of morpholine rings is 1. The van der Waals surface area contributed by atoms with Crippen LogP contribution in [0.1, 0.15) is 6.42 Å². The van der Waals surface area contributed by atoms with E-state index in [0.29, 0.717) is 18.0 Å². The number of anilines is 1. The minimum absolute atomic E-state index is 0.252. The smallest absolute Gasteiger partial charge is 0.243 e. The molecule has 122 valence electrons. The molecule has 1 N–H and O–H groups in total. The summed E-state index contributed by atoms with van der Waals surface area (Å²) < 4.78 is 32.2. The predicted octanol–water partition coefficient (Wildman–Crippen LogP) is 0.506. The van der Waals surface area contributed by atoms with Gasteiger partial charge in [0.25, 0.3) is 0 Å². The van der Waals surface area contributed by atoms with E-state index < -0.39 is 10.0 Å². The molecule has 0 radical (unpaired) electrons. The first-order chi connectivity index (χ1) is 10.6. The zero-order valence-electron chi connectivity index (χ0n) is 12.9. The summed E-state index contributed by atoms with van der Waals surface area (Å²) in [7, 11) is -1.51. The van der Waals surface area contributed by atoms with Crippen molar-refractivity contribution >= 4 is 15.7 Å². The first-order valence-corrected chi connectivity index (χ1v) is 9.15. The minimum Gasteiger partial charge on any atom is -0.378 e. The summed E-state index contributed by atoms with van der Waals surface area (Å²) in [5, 5.41) is 3.14. The second kappa shape index (κ2) is 6.54. The van der Waals surface area contributed by atoms with Gasteiger partial charge in [-0.25, -0.2) is 8.42 Å². The van der Waals surface area contributed by atoms with Crippen LogP contribution in [0.3, 0.4) is 0 Å². The first kappa shape index (κ1) is 15.7. The van der Waals surface area contributed by atoms with Gasteiger partial charge in [0.05, 0.1) is 18.1 Å². The van der Waals surface area contributed by atoms with E-state index in [1.807, 2.05) is 19.2 Å². The maximum atomic E-state index is 12.6. The van der Waals surface area contributed by atoms with Crippen LogP contribution in [0.15, 0.2) is 29.2 Å². The SMILES string of the molecule is CNC1CCN(S(=O)(=O)c2ccc(N3CCOCC3)cc2)C1. The zero-order valence-corrected chi connectivity index (χ0v) is 13.7. The Morgan fingerprint density at radius 3 is 2.41 bits per heavy atom. The molecule has 2 saturated heterocycles. The van der Waals surface area contributed by atoms with E-state index >= 15 is 0 Å². The van der Waals surface area contributed by atoms with Crippen molar-refractivity contribution in [2.45, 2.75) is 17.4 Å². The Hall–Kier alpha value is -1.15. The molecule has 0 saturated carbocycles. The van der Waals surface area contributed by atoms with E-state index in [4.69, 9.17) is 4.74 Å². The number of likely N-dealkylation sites (N-methyl/N-ethyl adjacent to an activating group) is 1.